The number of carbonyl (C=O) groups is 3. The van der Waals surface area contributed by atoms with Crippen LogP contribution in [0.1, 0.15) is 12.5 Å². The van der Waals surface area contributed by atoms with Gasteiger partial charge in [0.25, 0.3) is 0 Å². The molecule has 0 aliphatic carbocycles. The second kappa shape index (κ2) is 34.8. The first kappa shape index (κ1) is 54.5. The lowest BCUT2D eigenvalue weighted by molar-refractivity contribution is -0.131. The Hall–Kier alpha value is -3.68. The van der Waals surface area contributed by atoms with Crippen LogP contribution >= 0.6 is 7.60 Å². The molecule has 2 rings (SSSR count). The van der Waals surface area contributed by atoms with Crippen LogP contribution in [0.25, 0.3) is 11.1 Å². The van der Waals surface area contributed by atoms with Crippen LogP contribution in [-0.2, 0) is 68.3 Å². The molecule has 0 spiro atoms. The maximum absolute atomic E-state index is 14.0. The fraction of sp³-hybridized carbons (Fsp3) is 0.615. The van der Waals surface area contributed by atoms with E-state index in [1.807, 2.05) is 24.3 Å². The smallest absolute Gasteiger partial charge is 0.376 e. The molecule has 0 bridgehead atoms. The number of nitrogens with two attached hydrogens (primary N) is 3. The number of hydrogen-bond donors (Lipinski definition) is 7. The monoisotopic (exact) mass is 903 g/mol. The zero-order chi connectivity index (χ0) is 45.1. The van der Waals surface area contributed by atoms with E-state index in [4.69, 9.17) is 50.6 Å². The highest BCUT2D eigenvalue weighted by Gasteiger charge is 2.30. The SMILES string of the molecule is CCP(=O)(O)Oc1ccc(-c2ccc(CC(C(=O)NCCOCCOCCON)N(CC(=O)NCCOCCOCCON)CC(=O)NCCOCCOCCON)cc2)cc1. The molecule has 0 aromatic heterocycles. The van der Waals surface area contributed by atoms with Gasteiger partial charge in [-0.1, -0.05) is 43.3 Å². The Labute approximate surface area is 363 Å². The molecule has 23 heteroatoms. The molecule has 10 N–H and O–H groups in total. The second-order valence-electron chi connectivity index (χ2n) is 13.2. The summed E-state index contributed by atoms with van der Waals surface area (Å²) in [7, 11) is -3.72. The number of amides is 3. The van der Waals surface area contributed by atoms with Crippen molar-refractivity contribution in [2.75, 3.05) is 138 Å². The van der Waals surface area contributed by atoms with E-state index in [0.29, 0.717) is 52.9 Å². The van der Waals surface area contributed by atoms with Crippen molar-refractivity contribution in [2.24, 2.45) is 17.7 Å². The summed E-state index contributed by atoms with van der Waals surface area (Å²) in [6, 6.07) is 13.2. The maximum Gasteiger partial charge on any atom is 0.376 e. The van der Waals surface area contributed by atoms with Crippen LogP contribution < -0.4 is 38.2 Å². The van der Waals surface area contributed by atoms with E-state index in [-0.39, 0.29) is 97.3 Å². The fourth-order valence-corrected chi connectivity index (χ4v) is 5.90. The molecular weight excluding hydrogens is 837 g/mol. The van der Waals surface area contributed by atoms with Crippen LogP contribution in [0.4, 0.5) is 0 Å². The van der Waals surface area contributed by atoms with E-state index in [0.717, 1.165) is 16.7 Å². The largest absolute Gasteiger partial charge is 0.424 e. The highest BCUT2D eigenvalue weighted by atomic mass is 31.2. The first-order chi connectivity index (χ1) is 30.1. The Morgan fingerprint density at radius 2 is 0.952 bits per heavy atom. The summed E-state index contributed by atoms with van der Waals surface area (Å²) in [4.78, 5) is 65.4. The molecule has 2 aromatic carbocycles. The van der Waals surface area contributed by atoms with Crippen LogP contribution in [0.5, 0.6) is 5.75 Å². The molecule has 22 nitrogen and oxygen atoms in total. The van der Waals surface area contributed by atoms with E-state index >= 15 is 0 Å². The summed E-state index contributed by atoms with van der Waals surface area (Å²) in [6.45, 7) is 5.58. The number of ether oxygens (including phenoxy) is 6. The highest BCUT2D eigenvalue weighted by Crippen LogP contribution is 2.42. The van der Waals surface area contributed by atoms with Gasteiger partial charge in [0.05, 0.1) is 124 Å². The molecular formula is C39H66N7O15P. The van der Waals surface area contributed by atoms with Crippen molar-refractivity contribution in [1.29, 1.82) is 0 Å². The van der Waals surface area contributed by atoms with Gasteiger partial charge in [0.1, 0.15) is 5.75 Å². The molecule has 0 heterocycles. The number of benzene rings is 2. The molecule has 2 unspecified atom stereocenters. The normalized spacial score (nSPS) is 12.8. The zero-order valence-corrected chi connectivity index (χ0v) is 36.4. The quantitative estimate of drug-likeness (QED) is 0.0247. The lowest BCUT2D eigenvalue weighted by Gasteiger charge is -2.30. The van der Waals surface area contributed by atoms with Gasteiger partial charge in [0.15, 0.2) is 0 Å². The second-order valence-corrected chi connectivity index (χ2v) is 15.3. The van der Waals surface area contributed by atoms with Crippen molar-refractivity contribution in [1.82, 2.24) is 20.9 Å². The van der Waals surface area contributed by atoms with Crippen molar-refractivity contribution in [3.05, 3.63) is 54.1 Å². The minimum atomic E-state index is -3.72. The summed E-state index contributed by atoms with van der Waals surface area (Å²) >= 11 is 0. The molecule has 2 aromatic rings. The molecule has 352 valence electrons. The molecule has 3 amide bonds. The van der Waals surface area contributed by atoms with Crippen LogP contribution in [0.2, 0.25) is 0 Å². The van der Waals surface area contributed by atoms with Crippen molar-refractivity contribution >= 4 is 25.3 Å². The third-order valence-corrected chi connectivity index (χ3v) is 9.79. The van der Waals surface area contributed by atoms with Crippen molar-refractivity contribution in [3.63, 3.8) is 0 Å². The Balaban J connectivity index is 2.20. The Bertz CT molecular complexity index is 1500. The Morgan fingerprint density at radius 1 is 0.581 bits per heavy atom. The average molecular weight is 904 g/mol. The van der Waals surface area contributed by atoms with Crippen molar-refractivity contribution in [2.45, 2.75) is 19.4 Å². The number of nitrogens with one attached hydrogen (secondary N) is 3. The summed E-state index contributed by atoms with van der Waals surface area (Å²) < 4.78 is 49.8. The highest BCUT2D eigenvalue weighted by molar-refractivity contribution is 7.53. The minimum absolute atomic E-state index is 0.0188. The zero-order valence-electron chi connectivity index (χ0n) is 35.5. The topological polar surface area (TPSA) is 298 Å². The third-order valence-electron chi connectivity index (χ3n) is 8.49. The molecule has 0 aliphatic rings. The van der Waals surface area contributed by atoms with Crippen molar-refractivity contribution < 1.29 is 71.3 Å². The predicted octanol–water partition coefficient (Wildman–Crippen LogP) is -0.730. The molecule has 0 radical (unpaired) electrons. The maximum atomic E-state index is 14.0. The van der Waals surface area contributed by atoms with Gasteiger partial charge < -0.3 is 68.3 Å². The average Bonchev–Trinajstić information content (AvgIpc) is 3.26. The third kappa shape index (κ3) is 26.1. The summed E-state index contributed by atoms with van der Waals surface area (Å²) in [5, 5.41) is 8.47. The van der Waals surface area contributed by atoms with Crippen LogP contribution in [-0.4, -0.2) is 172 Å². The number of hydrogen-bond acceptors (Lipinski definition) is 18. The van der Waals surface area contributed by atoms with Crippen LogP contribution in [0.3, 0.4) is 0 Å². The molecule has 2 atom stereocenters. The summed E-state index contributed by atoms with van der Waals surface area (Å²) in [5.74, 6) is 13.9. The van der Waals surface area contributed by atoms with Gasteiger partial charge in [-0.15, -0.1) is 0 Å². The van der Waals surface area contributed by atoms with E-state index in [9.17, 15) is 23.8 Å². The summed E-state index contributed by atoms with van der Waals surface area (Å²) in [5.41, 5.74) is 2.42. The van der Waals surface area contributed by atoms with Crippen LogP contribution in [0.15, 0.2) is 48.5 Å². The van der Waals surface area contributed by atoms with E-state index < -0.39 is 31.4 Å². The lowest BCUT2D eigenvalue weighted by Crippen LogP contribution is -2.54. The Morgan fingerprint density at radius 3 is 1.35 bits per heavy atom. The predicted molar refractivity (Wildman–Crippen MR) is 226 cm³/mol. The van der Waals surface area contributed by atoms with Gasteiger partial charge >= 0.3 is 7.60 Å². The first-order valence-electron chi connectivity index (χ1n) is 20.3. The van der Waals surface area contributed by atoms with Crippen LogP contribution in [0, 0.1) is 0 Å². The van der Waals surface area contributed by atoms with Gasteiger partial charge in [-0.3, -0.25) is 19.3 Å². The minimum Gasteiger partial charge on any atom is -0.424 e. The Kier molecular flexibility index (Phi) is 30.5. The van der Waals surface area contributed by atoms with E-state index in [1.54, 1.807) is 31.2 Å². The molecule has 0 fully saturated rings. The standard InChI is InChI=1S/C39H66N7O15P/c1-2-62(50,51)61-35-9-7-34(8-10-35)33-5-3-32(4-6-33)29-36(39(49)45-13-16-54-19-22-57-25-28-60-42)46(30-37(47)43-11-14-52-17-20-55-23-26-58-40)31-38(48)44-12-15-53-18-21-56-24-27-59-41/h3-10,36H,2,11-31,40-42H2,1H3,(H,43,47)(H,44,48)(H,45,49)(H,50,51). The van der Waals surface area contributed by atoms with Gasteiger partial charge in [-0.2, -0.15) is 0 Å². The van der Waals surface area contributed by atoms with E-state index in [1.165, 1.54) is 4.90 Å². The fourth-order valence-electron chi connectivity index (χ4n) is 5.32. The van der Waals surface area contributed by atoms with Gasteiger partial charge in [-0.05, 0) is 35.2 Å². The summed E-state index contributed by atoms with van der Waals surface area (Å²) in [6.07, 6.45) is 0.117. The van der Waals surface area contributed by atoms with E-state index in [2.05, 4.69) is 30.5 Å². The number of carbonyl (C=O) groups excluding carboxylic acids is 3. The molecule has 0 saturated heterocycles. The first-order valence-corrected chi connectivity index (χ1v) is 22.1. The van der Waals surface area contributed by atoms with Gasteiger partial charge in [0, 0.05) is 19.6 Å². The number of nitrogens with zero attached hydrogens (tertiary/aromatic N) is 1. The molecule has 0 saturated carbocycles. The molecule has 0 aliphatic heterocycles. The van der Waals surface area contributed by atoms with Gasteiger partial charge in [0.2, 0.25) is 17.7 Å². The van der Waals surface area contributed by atoms with Gasteiger partial charge in [-0.25, -0.2) is 22.3 Å². The van der Waals surface area contributed by atoms with Crippen molar-refractivity contribution in [3.8, 4) is 16.9 Å². The molecule has 62 heavy (non-hydrogen) atoms. The number of rotatable bonds is 39. The lowest BCUT2D eigenvalue weighted by atomic mass is 9.99.